The van der Waals surface area contributed by atoms with Gasteiger partial charge in [-0.3, -0.25) is 9.59 Å². The van der Waals surface area contributed by atoms with Crippen LogP contribution in [0.2, 0.25) is 5.02 Å². The number of anilines is 2. The number of hydrogen-bond donors (Lipinski definition) is 2. The third-order valence-corrected chi connectivity index (χ3v) is 6.60. The lowest BCUT2D eigenvalue weighted by molar-refractivity contribution is 0.0947. The molecule has 1 aromatic heterocycles. The minimum atomic E-state index is -0.145. The molecular weight excluding hydrogens is 430 g/mol. The third-order valence-electron chi connectivity index (χ3n) is 5.50. The van der Waals surface area contributed by atoms with E-state index in [4.69, 9.17) is 11.6 Å². The highest BCUT2D eigenvalue weighted by atomic mass is 35.5. The zero-order valence-electron chi connectivity index (χ0n) is 17.2. The second-order valence-corrected chi connectivity index (χ2v) is 9.13. The van der Waals surface area contributed by atoms with Gasteiger partial charge in [-0.2, -0.15) is 0 Å². The zero-order chi connectivity index (χ0) is 21.8. The van der Waals surface area contributed by atoms with Gasteiger partial charge in [-0.25, -0.2) is 0 Å². The highest BCUT2D eigenvalue weighted by Crippen LogP contribution is 2.29. The van der Waals surface area contributed by atoms with Crippen molar-refractivity contribution in [2.24, 2.45) is 5.92 Å². The molecule has 5 nitrogen and oxygen atoms in total. The average molecular weight is 454 g/mol. The molecule has 1 unspecified atom stereocenters. The number of nitrogens with one attached hydrogen (secondary N) is 2. The quantitative estimate of drug-likeness (QED) is 0.538. The molecule has 0 radical (unpaired) electrons. The van der Waals surface area contributed by atoms with E-state index in [1.165, 1.54) is 22.6 Å². The van der Waals surface area contributed by atoms with Crippen LogP contribution in [0.15, 0.2) is 60.0 Å². The van der Waals surface area contributed by atoms with E-state index in [-0.39, 0.29) is 11.8 Å². The third kappa shape index (κ3) is 5.27. The molecule has 31 heavy (non-hydrogen) atoms. The predicted octanol–water partition coefficient (Wildman–Crippen LogP) is 5.22. The van der Waals surface area contributed by atoms with Crippen LogP contribution in [0.3, 0.4) is 0 Å². The molecule has 4 rings (SSSR count). The number of benzene rings is 2. The number of aryl methyl sites for hydroxylation is 1. The van der Waals surface area contributed by atoms with Gasteiger partial charge in [0.25, 0.3) is 11.8 Å². The van der Waals surface area contributed by atoms with E-state index in [2.05, 4.69) is 22.5 Å². The van der Waals surface area contributed by atoms with Gasteiger partial charge in [-0.05, 0) is 72.7 Å². The first-order valence-electron chi connectivity index (χ1n) is 10.2. The van der Waals surface area contributed by atoms with Gasteiger partial charge >= 0.3 is 0 Å². The van der Waals surface area contributed by atoms with Gasteiger partial charge in [-0.15, -0.1) is 11.3 Å². The van der Waals surface area contributed by atoms with Crippen LogP contribution in [0, 0.1) is 12.8 Å². The first-order chi connectivity index (χ1) is 15.0. The fraction of sp³-hybridized carbons (Fsp3) is 0.250. The Bertz CT molecular complexity index is 1070. The SMILES string of the molecule is Cc1ccc(Cl)cc1N1CCC(CNC(=O)c2ccc(NC(=O)c3cccs3)cc2)C1. The normalized spacial score (nSPS) is 15.7. The van der Waals surface area contributed by atoms with E-state index in [1.54, 1.807) is 30.3 Å². The molecule has 1 fully saturated rings. The number of rotatable bonds is 6. The molecule has 2 amide bonds. The van der Waals surface area contributed by atoms with E-state index in [0.29, 0.717) is 28.6 Å². The minimum Gasteiger partial charge on any atom is -0.371 e. The molecule has 1 aliphatic heterocycles. The number of carbonyl (C=O) groups excluding carboxylic acids is 2. The predicted molar refractivity (Wildman–Crippen MR) is 128 cm³/mol. The molecule has 2 N–H and O–H groups in total. The Hall–Kier alpha value is -2.83. The molecule has 0 spiro atoms. The average Bonchev–Trinajstić information content (AvgIpc) is 3.47. The van der Waals surface area contributed by atoms with Crippen LogP contribution in [0.4, 0.5) is 11.4 Å². The maximum absolute atomic E-state index is 12.5. The lowest BCUT2D eigenvalue weighted by atomic mass is 10.1. The molecule has 3 aromatic rings. The van der Waals surface area contributed by atoms with Gasteiger partial charge in [0, 0.05) is 41.6 Å². The largest absolute Gasteiger partial charge is 0.371 e. The molecule has 160 valence electrons. The van der Waals surface area contributed by atoms with Crippen molar-refractivity contribution in [1.29, 1.82) is 0 Å². The van der Waals surface area contributed by atoms with E-state index in [1.807, 2.05) is 29.6 Å². The molecule has 0 aliphatic carbocycles. The molecule has 2 heterocycles. The number of carbonyl (C=O) groups is 2. The topological polar surface area (TPSA) is 61.4 Å². The molecule has 7 heteroatoms. The molecular formula is C24H24ClN3O2S. The lowest BCUT2D eigenvalue weighted by Gasteiger charge is -2.21. The Balaban J connectivity index is 1.28. The zero-order valence-corrected chi connectivity index (χ0v) is 18.8. The van der Waals surface area contributed by atoms with Crippen LogP contribution in [0.1, 0.15) is 32.0 Å². The van der Waals surface area contributed by atoms with E-state index in [0.717, 1.165) is 24.5 Å². The first kappa shape index (κ1) is 21.4. The molecule has 1 atom stereocenters. The summed E-state index contributed by atoms with van der Waals surface area (Å²) in [6.07, 6.45) is 1.03. The van der Waals surface area contributed by atoms with Crippen molar-refractivity contribution in [2.45, 2.75) is 13.3 Å². The number of thiophene rings is 1. The Morgan fingerprint density at radius 2 is 1.94 bits per heavy atom. The molecule has 1 aliphatic rings. The van der Waals surface area contributed by atoms with Crippen molar-refractivity contribution >= 4 is 46.1 Å². The molecule has 0 saturated carbocycles. The Kier molecular flexibility index (Phi) is 6.59. The van der Waals surface area contributed by atoms with Gasteiger partial charge < -0.3 is 15.5 Å². The fourth-order valence-corrected chi connectivity index (χ4v) is 4.57. The number of nitrogens with zero attached hydrogens (tertiary/aromatic N) is 1. The van der Waals surface area contributed by atoms with E-state index >= 15 is 0 Å². The maximum atomic E-state index is 12.5. The van der Waals surface area contributed by atoms with Crippen LogP contribution in [0.25, 0.3) is 0 Å². The monoisotopic (exact) mass is 453 g/mol. The van der Waals surface area contributed by atoms with Gasteiger partial charge in [0.15, 0.2) is 0 Å². The summed E-state index contributed by atoms with van der Waals surface area (Å²) in [5.41, 5.74) is 3.62. The second-order valence-electron chi connectivity index (χ2n) is 7.75. The summed E-state index contributed by atoms with van der Waals surface area (Å²) in [5.74, 6) is 0.146. The summed E-state index contributed by atoms with van der Waals surface area (Å²) in [7, 11) is 0. The van der Waals surface area contributed by atoms with Crippen molar-refractivity contribution < 1.29 is 9.59 Å². The number of halogens is 1. The Morgan fingerprint density at radius 3 is 2.68 bits per heavy atom. The van der Waals surface area contributed by atoms with E-state index in [9.17, 15) is 9.59 Å². The van der Waals surface area contributed by atoms with Crippen LogP contribution in [-0.4, -0.2) is 31.4 Å². The smallest absolute Gasteiger partial charge is 0.265 e. The highest BCUT2D eigenvalue weighted by molar-refractivity contribution is 7.12. The molecule has 1 saturated heterocycles. The van der Waals surface area contributed by atoms with Crippen molar-refractivity contribution in [3.8, 4) is 0 Å². The van der Waals surface area contributed by atoms with Crippen LogP contribution in [-0.2, 0) is 0 Å². The summed E-state index contributed by atoms with van der Waals surface area (Å²) in [5, 5.41) is 8.49. The second kappa shape index (κ2) is 9.54. The van der Waals surface area contributed by atoms with Crippen molar-refractivity contribution in [1.82, 2.24) is 5.32 Å². The van der Waals surface area contributed by atoms with Crippen LogP contribution < -0.4 is 15.5 Å². The highest BCUT2D eigenvalue weighted by Gasteiger charge is 2.24. The summed E-state index contributed by atoms with van der Waals surface area (Å²) in [6.45, 7) is 4.58. The number of hydrogen-bond acceptors (Lipinski definition) is 4. The Labute approximate surface area is 191 Å². The summed E-state index contributed by atoms with van der Waals surface area (Å²) >= 11 is 7.55. The van der Waals surface area contributed by atoms with Gasteiger partial charge in [0.1, 0.15) is 0 Å². The fourth-order valence-electron chi connectivity index (χ4n) is 3.79. The van der Waals surface area contributed by atoms with Crippen molar-refractivity contribution in [3.05, 3.63) is 81.0 Å². The Morgan fingerprint density at radius 1 is 1.13 bits per heavy atom. The molecule has 0 bridgehead atoms. The van der Waals surface area contributed by atoms with E-state index < -0.39 is 0 Å². The lowest BCUT2D eigenvalue weighted by Crippen LogP contribution is -2.31. The summed E-state index contributed by atoms with van der Waals surface area (Å²) in [6, 6.07) is 16.5. The summed E-state index contributed by atoms with van der Waals surface area (Å²) < 4.78 is 0. The molecule has 2 aromatic carbocycles. The minimum absolute atomic E-state index is 0.103. The standard InChI is InChI=1S/C24H24ClN3O2S/c1-16-4-7-19(25)13-21(16)28-11-10-17(15-28)14-26-23(29)18-5-8-20(9-6-18)27-24(30)22-3-2-12-31-22/h2-9,12-13,17H,10-11,14-15H2,1H3,(H,26,29)(H,27,30). The van der Waals surface area contributed by atoms with Crippen LogP contribution >= 0.6 is 22.9 Å². The van der Waals surface area contributed by atoms with Gasteiger partial charge in [0.2, 0.25) is 0 Å². The summed E-state index contributed by atoms with van der Waals surface area (Å²) in [4.78, 5) is 27.7. The maximum Gasteiger partial charge on any atom is 0.265 e. The number of amides is 2. The van der Waals surface area contributed by atoms with Crippen molar-refractivity contribution in [3.63, 3.8) is 0 Å². The first-order valence-corrected chi connectivity index (χ1v) is 11.5. The van der Waals surface area contributed by atoms with Gasteiger partial charge in [0.05, 0.1) is 4.88 Å². The van der Waals surface area contributed by atoms with Gasteiger partial charge in [-0.1, -0.05) is 23.7 Å². The van der Waals surface area contributed by atoms with Crippen LogP contribution in [0.5, 0.6) is 0 Å². The van der Waals surface area contributed by atoms with Crippen molar-refractivity contribution in [2.75, 3.05) is 29.9 Å².